The minimum Gasteiger partial charge on any atom is -0.477 e. The highest BCUT2D eigenvalue weighted by Gasteiger charge is 2.35. The number of rotatable bonds is 16. The average molecular weight is 575 g/mol. The number of benzene rings is 1. The van der Waals surface area contributed by atoms with Crippen LogP contribution in [0.2, 0.25) is 0 Å². The Labute approximate surface area is 243 Å². The SMILES string of the molecule is CCCC(CCCCC(F)(CC)CC)COc1ccc(-c2ccc(C(O)C3CC(O)CC(C(N)=O)C3)cc2F)cn1. The quantitative estimate of drug-likeness (QED) is 0.186. The van der Waals surface area contributed by atoms with Crippen molar-refractivity contribution in [2.45, 2.75) is 109 Å². The number of alkyl halides is 1. The number of nitrogens with two attached hydrogens (primary N) is 1. The predicted molar refractivity (Wildman–Crippen MR) is 157 cm³/mol. The minimum atomic E-state index is -1.04. The molecule has 1 fully saturated rings. The molecule has 0 radical (unpaired) electrons. The molecule has 2 aromatic rings. The zero-order valence-electron chi connectivity index (χ0n) is 24.8. The van der Waals surface area contributed by atoms with Gasteiger partial charge in [0.2, 0.25) is 11.8 Å². The standard InChI is InChI=1S/C33H48F2N2O4/c1-4-9-22(10-7-8-15-33(35,5-2)6-3)21-41-30-14-12-24(20-37-30)28-13-11-23(19-29(28)34)31(39)25-16-26(32(36)40)18-27(38)17-25/h11-14,19-20,22,25-27,31,38-39H,4-10,15-18,21H2,1-3H3,(H2,36,40). The number of amides is 1. The molecule has 0 spiro atoms. The van der Waals surface area contributed by atoms with Gasteiger partial charge < -0.3 is 20.7 Å². The average Bonchev–Trinajstić information content (AvgIpc) is 2.97. The molecule has 1 heterocycles. The van der Waals surface area contributed by atoms with E-state index in [-0.39, 0.29) is 12.3 Å². The molecular formula is C33H48F2N2O4. The number of ether oxygens (including phenoxy) is 1. The summed E-state index contributed by atoms with van der Waals surface area (Å²) in [5.41, 5.74) is 5.71. The molecule has 1 aromatic heterocycles. The van der Waals surface area contributed by atoms with Crippen LogP contribution in [-0.2, 0) is 4.79 Å². The van der Waals surface area contributed by atoms with Gasteiger partial charge in [0, 0.05) is 29.3 Å². The molecule has 0 bridgehead atoms. The van der Waals surface area contributed by atoms with Crippen LogP contribution in [0.4, 0.5) is 8.78 Å². The van der Waals surface area contributed by atoms with Crippen LogP contribution < -0.4 is 10.5 Å². The van der Waals surface area contributed by atoms with Gasteiger partial charge in [-0.05, 0) is 80.9 Å². The number of aromatic nitrogens is 1. The molecule has 1 aliphatic rings. The number of pyridine rings is 1. The molecule has 5 unspecified atom stereocenters. The third kappa shape index (κ3) is 9.47. The Morgan fingerprint density at radius 2 is 1.88 bits per heavy atom. The molecule has 4 N–H and O–H groups in total. The van der Waals surface area contributed by atoms with E-state index in [4.69, 9.17) is 10.5 Å². The summed E-state index contributed by atoms with van der Waals surface area (Å²) >= 11 is 0. The zero-order valence-corrected chi connectivity index (χ0v) is 24.8. The number of nitrogens with zero attached hydrogens (tertiary/aromatic N) is 1. The lowest BCUT2D eigenvalue weighted by Gasteiger charge is -2.34. The predicted octanol–water partition coefficient (Wildman–Crippen LogP) is 7.07. The monoisotopic (exact) mass is 574 g/mol. The normalized spacial score (nSPS) is 20.9. The van der Waals surface area contributed by atoms with Gasteiger partial charge in [0.05, 0.1) is 18.8 Å². The Morgan fingerprint density at radius 1 is 1.12 bits per heavy atom. The van der Waals surface area contributed by atoms with Crippen molar-refractivity contribution < 1.29 is 28.5 Å². The van der Waals surface area contributed by atoms with Crippen molar-refractivity contribution in [3.63, 3.8) is 0 Å². The summed E-state index contributed by atoms with van der Waals surface area (Å²) < 4.78 is 35.7. The van der Waals surface area contributed by atoms with Crippen molar-refractivity contribution in [3.8, 4) is 17.0 Å². The van der Waals surface area contributed by atoms with Crippen molar-refractivity contribution in [1.82, 2.24) is 4.98 Å². The lowest BCUT2D eigenvalue weighted by molar-refractivity contribution is -0.125. The lowest BCUT2D eigenvalue weighted by Crippen LogP contribution is -2.36. The molecule has 0 aliphatic heterocycles. The van der Waals surface area contributed by atoms with Crippen LogP contribution in [0.5, 0.6) is 5.88 Å². The van der Waals surface area contributed by atoms with E-state index in [9.17, 15) is 19.4 Å². The fourth-order valence-electron chi connectivity index (χ4n) is 6.07. The third-order valence-electron chi connectivity index (χ3n) is 8.87. The first-order chi connectivity index (χ1) is 19.6. The largest absolute Gasteiger partial charge is 0.477 e. The van der Waals surface area contributed by atoms with Crippen molar-refractivity contribution in [2.75, 3.05) is 6.61 Å². The van der Waals surface area contributed by atoms with E-state index < -0.39 is 35.5 Å². The summed E-state index contributed by atoms with van der Waals surface area (Å²) in [4.78, 5) is 16.0. The summed E-state index contributed by atoms with van der Waals surface area (Å²) in [6, 6.07) is 8.06. The van der Waals surface area contributed by atoms with Gasteiger partial charge in [-0.25, -0.2) is 13.8 Å². The second-order valence-electron chi connectivity index (χ2n) is 11.9. The van der Waals surface area contributed by atoms with Gasteiger partial charge in [0.15, 0.2) is 0 Å². The van der Waals surface area contributed by atoms with Gasteiger partial charge in [0.1, 0.15) is 11.5 Å². The Kier molecular flexibility index (Phi) is 12.5. The molecular weight excluding hydrogens is 526 g/mol. The van der Waals surface area contributed by atoms with Crippen molar-refractivity contribution >= 4 is 5.91 Å². The van der Waals surface area contributed by atoms with Gasteiger partial charge in [-0.2, -0.15) is 0 Å². The molecule has 1 aliphatic carbocycles. The molecule has 8 heteroatoms. The first kappa shape index (κ1) is 32.9. The minimum absolute atomic E-state index is 0.289. The van der Waals surface area contributed by atoms with E-state index in [0.29, 0.717) is 67.2 Å². The highest BCUT2D eigenvalue weighted by molar-refractivity contribution is 5.76. The smallest absolute Gasteiger partial charge is 0.220 e. The number of hydrogen-bond donors (Lipinski definition) is 3. The van der Waals surface area contributed by atoms with Gasteiger partial charge in [-0.1, -0.05) is 52.2 Å². The van der Waals surface area contributed by atoms with Gasteiger partial charge in [-0.15, -0.1) is 0 Å². The first-order valence-corrected chi connectivity index (χ1v) is 15.3. The van der Waals surface area contributed by atoms with Crippen LogP contribution in [0, 0.1) is 23.6 Å². The Balaban J connectivity index is 1.56. The van der Waals surface area contributed by atoms with Gasteiger partial charge >= 0.3 is 0 Å². The van der Waals surface area contributed by atoms with E-state index in [1.807, 2.05) is 13.8 Å². The number of carbonyl (C=O) groups excluding carboxylic acids is 1. The van der Waals surface area contributed by atoms with Crippen LogP contribution in [0.3, 0.4) is 0 Å². The van der Waals surface area contributed by atoms with Gasteiger partial charge in [-0.3, -0.25) is 4.79 Å². The topological polar surface area (TPSA) is 106 Å². The Hall–Kier alpha value is -2.58. The van der Waals surface area contributed by atoms with Crippen LogP contribution >= 0.6 is 0 Å². The number of hydrogen-bond acceptors (Lipinski definition) is 5. The van der Waals surface area contributed by atoms with Gasteiger partial charge in [0.25, 0.3) is 0 Å². The molecule has 6 nitrogen and oxygen atoms in total. The molecule has 1 saturated carbocycles. The maximum Gasteiger partial charge on any atom is 0.220 e. The molecule has 41 heavy (non-hydrogen) atoms. The molecule has 228 valence electrons. The summed E-state index contributed by atoms with van der Waals surface area (Å²) in [5, 5.41) is 21.0. The highest BCUT2D eigenvalue weighted by atomic mass is 19.1. The van der Waals surface area contributed by atoms with Crippen LogP contribution in [0.1, 0.15) is 103 Å². The number of unbranched alkanes of at least 4 members (excludes halogenated alkanes) is 1. The number of halogens is 2. The second-order valence-corrected chi connectivity index (χ2v) is 11.9. The van der Waals surface area contributed by atoms with E-state index in [1.165, 1.54) is 6.07 Å². The summed E-state index contributed by atoms with van der Waals surface area (Å²) in [6.45, 7) is 6.51. The molecule has 0 saturated heterocycles. The highest BCUT2D eigenvalue weighted by Crippen LogP contribution is 2.38. The van der Waals surface area contributed by atoms with Crippen molar-refractivity contribution in [2.24, 2.45) is 23.5 Å². The van der Waals surface area contributed by atoms with Crippen LogP contribution in [-0.4, -0.2) is 39.5 Å². The Morgan fingerprint density at radius 3 is 2.49 bits per heavy atom. The zero-order chi connectivity index (χ0) is 30.0. The second kappa shape index (κ2) is 15.6. The maximum absolute atomic E-state index is 15.1. The van der Waals surface area contributed by atoms with E-state index in [1.54, 1.807) is 30.5 Å². The molecule has 1 aromatic carbocycles. The molecule has 5 atom stereocenters. The molecule has 3 rings (SSSR count). The van der Waals surface area contributed by atoms with Crippen LogP contribution in [0.25, 0.3) is 11.1 Å². The fraction of sp³-hybridized carbons (Fsp3) is 0.636. The Bertz CT molecular complexity index is 1090. The third-order valence-corrected chi connectivity index (χ3v) is 8.87. The number of carbonyl (C=O) groups is 1. The number of primary amides is 1. The first-order valence-electron chi connectivity index (χ1n) is 15.3. The summed E-state index contributed by atoms with van der Waals surface area (Å²) in [5.74, 6) is -1.03. The van der Waals surface area contributed by atoms with Crippen molar-refractivity contribution in [1.29, 1.82) is 0 Å². The fourth-order valence-corrected chi connectivity index (χ4v) is 6.07. The lowest BCUT2D eigenvalue weighted by atomic mass is 9.75. The van der Waals surface area contributed by atoms with E-state index in [0.717, 1.165) is 32.1 Å². The van der Waals surface area contributed by atoms with E-state index >= 15 is 4.39 Å². The van der Waals surface area contributed by atoms with E-state index in [2.05, 4.69) is 11.9 Å². The summed E-state index contributed by atoms with van der Waals surface area (Å²) in [6.07, 6.45) is 7.47. The number of aliphatic hydroxyl groups is 2. The number of aliphatic hydroxyl groups excluding tert-OH is 2. The summed E-state index contributed by atoms with van der Waals surface area (Å²) in [7, 11) is 0. The van der Waals surface area contributed by atoms with Crippen molar-refractivity contribution in [3.05, 3.63) is 47.9 Å². The maximum atomic E-state index is 15.1. The van der Waals surface area contributed by atoms with Crippen LogP contribution in [0.15, 0.2) is 36.5 Å². The molecule has 1 amide bonds.